The molecule has 1 atom stereocenters. The first kappa shape index (κ1) is 22.4. The third kappa shape index (κ3) is 5.86. The molecule has 0 fully saturated rings. The molecule has 8 heteroatoms. The van der Waals surface area contributed by atoms with E-state index in [0.29, 0.717) is 11.8 Å². The lowest BCUT2D eigenvalue weighted by molar-refractivity contribution is -0.136. The van der Waals surface area contributed by atoms with Gasteiger partial charge in [-0.1, -0.05) is 55.3 Å². The first-order valence-corrected chi connectivity index (χ1v) is 10.2. The zero-order valence-corrected chi connectivity index (χ0v) is 17.9. The number of halogens is 1. The van der Waals surface area contributed by atoms with Crippen LogP contribution in [0.25, 0.3) is 11.0 Å². The fraction of sp³-hybridized carbons (Fsp3) is 0.261. The second-order valence-electron chi connectivity index (χ2n) is 6.97. The van der Waals surface area contributed by atoms with Gasteiger partial charge in [-0.3, -0.25) is 0 Å². The van der Waals surface area contributed by atoms with Gasteiger partial charge in [0, 0.05) is 17.5 Å². The molecule has 3 aromatic rings. The minimum atomic E-state index is -0.992. The normalized spacial score (nSPS) is 11.7. The number of aryl methyl sites for hydroxylation is 1. The van der Waals surface area contributed by atoms with Crippen LogP contribution in [0.15, 0.2) is 57.7 Å². The van der Waals surface area contributed by atoms with Crippen LogP contribution in [0, 0.1) is 0 Å². The number of benzene rings is 2. The monoisotopic (exact) mass is 443 g/mol. The second-order valence-corrected chi connectivity index (χ2v) is 7.38. The maximum Gasteiger partial charge on any atom is 0.408 e. The van der Waals surface area contributed by atoms with Gasteiger partial charge in [0.25, 0.3) is 0 Å². The molecule has 1 aromatic heterocycles. The summed E-state index contributed by atoms with van der Waals surface area (Å²) in [4.78, 5) is 36.2. The van der Waals surface area contributed by atoms with E-state index in [-0.39, 0.29) is 23.0 Å². The molecule has 1 amide bonds. The van der Waals surface area contributed by atoms with Gasteiger partial charge in [-0.25, -0.2) is 14.4 Å². The summed E-state index contributed by atoms with van der Waals surface area (Å²) in [6.45, 7) is 3.53. The second kappa shape index (κ2) is 10.1. The number of hydrogen-bond donors (Lipinski definition) is 1. The van der Waals surface area contributed by atoms with Crippen molar-refractivity contribution in [2.45, 2.75) is 39.3 Å². The molecule has 0 saturated heterocycles. The number of alkyl carbamates (subject to hydrolysis) is 1. The van der Waals surface area contributed by atoms with Crippen LogP contribution >= 0.6 is 11.6 Å². The van der Waals surface area contributed by atoms with E-state index in [0.717, 1.165) is 17.5 Å². The van der Waals surface area contributed by atoms with Crippen molar-refractivity contribution in [3.63, 3.8) is 0 Å². The van der Waals surface area contributed by atoms with Crippen molar-refractivity contribution in [2.24, 2.45) is 0 Å². The summed E-state index contributed by atoms with van der Waals surface area (Å²) in [7, 11) is 0. The number of hydrogen-bond acceptors (Lipinski definition) is 6. The van der Waals surface area contributed by atoms with Crippen molar-refractivity contribution in [3.8, 4) is 5.75 Å². The van der Waals surface area contributed by atoms with Crippen LogP contribution in [0.2, 0.25) is 5.02 Å². The number of fused-ring (bicyclic) bond motifs is 1. The molecule has 162 valence electrons. The zero-order chi connectivity index (χ0) is 22.4. The van der Waals surface area contributed by atoms with Crippen LogP contribution in [-0.4, -0.2) is 18.1 Å². The molecule has 2 aromatic carbocycles. The number of ether oxygens (including phenoxy) is 2. The van der Waals surface area contributed by atoms with Crippen LogP contribution < -0.4 is 15.7 Å². The van der Waals surface area contributed by atoms with E-state index in [2.05, 4.69) is 5.32 Å². The van der Waals surface area contributed by atoms with Crippen molar-refractivity contribution in [3.05, 3.63) is 75.1 Å². The Morgan fingerprint density at radius 1 is 1.16 bits per heavy atom. The molecule has 7 nitrogen and oxygen atoms in total. The number of nitrogens with one attached hydrogen (secondary N) is 1. The van der Waals surface area contributed by atoms with Gasteiger partial charge in [0.05, 0.1) is 5.02 Å². The summed E-state index contributed by atoms with van der Waals surface area (Å²) in [6.07, 6.45) is 0.771. The molecule has 0 bridgehead atoms. The molecule has 0 aliphatic rings. The summed E-state index contributed by atoms with van der Waals surface area (Å²) in [5.41, 5.74) is 1.40. The summed E-state index contributed by atoms with van der Waals surface area (Å²) in [5, 5.41) is 3.28. The van der Waals surface area contributed by atoms with Crippen molar-refractivity contribution in [1.29, 1.82) is 0 Å². The van der Waals surface area contributed by atoms with Crippen molar-refractivity contribution in [2.75, 3.05) is 0 Å². The number of esters is 1. The Morgan fingerprint density at radius 2 is 1.90 bits per heavy atom. The number of rotatable bonds is 7. The highest BCUT2D eigenvalue weighted by atomic mass is 35.5. The average Bonchev–Trinajstić information content (AvgIpc) is 2.74. The maximum absolute atomic E-state index is 12.4. The molecule has 0 radical (unpaired) electrons. The van der Waals surface area contributed by atoms with Crippen molar-refractivity contribution < 1.29 is 23.5 Å². The van der Waals surface area contributed by atoms with Gasteiger partial charge in [0.1, 0.15) is 18.2 Å². The van der Waals surface area contributed by atoms with Crippen LogP contribution in [0.1, 0.15) is 31.4 Å². The third-order valence-corrected chi connectivity index (χ3v) is 4.81. The molecule has 3 rings (SSSR count). The third-order valence-electron chi connectivity index (χ3n) is 4.51. The van der Waals surface area contributed by atoms with Crippen molar-refractivity contribution in [1.82, 2.24) is 5.32 Å². The fourth-order valence-electron chi connectivity index (χ4n) is 2.98. The molecule has 0 spiro atoms. The van der Waals surface area contributed by atoms with E-state index >= 15 is 0 Å². The Labute approximate surface area is 183 Å². The molecule has 0 aliphatic heterocycles. The molecule has 0 saturated carbocycles. The predicted octanol–water partition coefficient (Wildman–Crippen LogP) is 4.62. The molecular weight excluding hydrogens is 422 g/mol. The lowest BCUT2D eigenvalue weighted by Crippen LogP contribution is -2.41. The summed E-state index contributed by atoms with van der Waals surface area (Å²) in [5.74, 6) is -0.716. The summed E-state index contributed by atoms with van der Waals surface area (Å²) in [6, 6.07) is 12.6. The van der Waals surface area contributed by atoms with E-state index in [1.165, 1.54) is 19.1 Å². The van der Waals surface area contributed by atoms with E-state index in [9.17, 15) is 14.4 Å². The van der Waals surface area contributed by atoms with E-state index in [4.69, 9.17) is 25.5 Å². The smallest absolute Gasteiger partial charge is 0.408 e. The van der Waals surface area contributed by atoms with Gasteiger partial charge in [0.15, 0.2) is 5.75 Å². The van der Waals surface area contributed by atoms with Crippen LogP contribution in [-0.2, 0) is 22.6 Å². The van der Waals surface area contributed by atoms with Crippen LogP contribution in [0.5, 0.6) is 5.75 Å². The Morgan fingerprint density at radius 3 is 2.61 bits per heavy atom. The Hall–Kier alpha value is -3.32. The van der Waals surface area contributed by atoms with Gasteiger partial charge in [0.2, 0.25) is 0 Å². The van der Waals surface area contributed by atoms with E-state index in [1.54, 1.807) is 6.07 Å². The van der Waals surface area contributed by atoms with E-state index < -0.39 is 23.7 Å². The highest BCUT2D eigenvalue weighted by Gasteiger charge is 2.21. The largest absolute Gasteiger partial charge is 0.445 e. The van der Waals surface area contributed by atoms with Crippen LogP contribution in [0.4, 0.5) is 4.79 Å². The zero-order valence-electron chi connectivity index (χ0n) is 17.1. The highest BCUT2D eigenvalue weighted by Crippen LogP contribution is 2.31. The van der Waals surface area contributed by atoms with Crippen molar-refractivity contribution >= 4 is 34.6 Å². The first-order valence-electron chi connectivity index (χ1n) is 9.82. The quantitative estimate of drug-likeness (QED) is 0.325. The summed E-state index contributed by atoms with van der Waals surface area (Å²) >= 11 is 6.28. The highest BCUT2D eigenvalue weighted by molar-refractivity contribution is 6.33. The predicted molar refractivity (Wildman–Crippen MR) is 116 cm³/mol. The Bertz CT molecular complexity index is 1140. The summed E-state index contributed by atoms with van der Waals surface area (Å²) < 4.78 is 15.6. The van der Waals surface area contributed by atoms with Gasteiger partial charge >= 0.3 is 17.7 Å². The number of amides is 1. The SMILES string of the molecule is CCCc1cc(=O)oc2cc(OC(=O)[C@@H](C)NC(=O)OCc3ccccc3)c(Cl)cc12. The van der Waals surface area contributed by atoms with Gasteiger partial charge in [-0.2, -0.15) is 0 Å². The molecule has 0 unspecified atom stereocenters. The topological polar surface area (TPSA) is 94.8 Å². The van der Waals surface area contributed by atoms with Gasteiger partial charge in [-0.15, -0.1) is 0 Å². The Balaban J connectivity index is 1.66. The molecule has 1 N–H and O–H groups in total. The first-order chi connectivity index (χ1) is 14.9. The minimum Gasteiger partial charge on any atom is -0.445 e. The van der Waals surface area contributed by atoms with Crippen LogP contribution in [0.3, 0.4) is 0 Å². The fourth-order valence-corrected chi connectivity index (χ4v) is 3.18. The Kier molecular flexibility index (Phi) is 7.31. The lowest BCUT2D eigenvalue weighted by Gasteiger charge is -2.14. The standard InChI is InChI=1S/C23H22ClNO6/c1-3-7-16-10-21(26)30-19-12-20(18(24)11-17(16)19)31-22(27)14(2)25-23(28)29-13-15-8-5-4-6-9-15/h4-6,8-12,14H,3,7,13H2,1-2H3,(H,25,28)/t14-/m1/s1. The minimum absolute atomic E-state index is 0.0299. The number of carbonyl (C=O) groups is 2. The van der Waals surface area contributed by atoms with Gasteiger partial charge < -0.3 is 19.2 Å². The molecule has 31 heavy (non-hydrogen) atoms. The molecule has 0 aliphatic carbocycles. The van der Waals surface area contributed by atoms with Gasteiger partial charge in [-0.05, 0) is 30.5 Å². The lowest BCUT2D eigenvalue weighted by atomic mass is 10.1. The van der Waals surface area contributed by atoms with E-state index in [1.807, 2.05) is 37.3 Å². The molecular formula is C23H22ClNO6. The maximum atomic E-state index is 12.4. The number of carbonyl (C=O) groups excluding carboxylic acids is 2. The molecule has 1 heterocycles. The average molecular weight is 444 g/mol.